The van der Waals surface area contributed by atoms with E-state index in [1.165, 1.54) is 11.1 Å². The Hall–Kier alpha value is -1.97. The Morgan fingerprint density at radius 1 is 1.41 bits per heavy atom. The average Bonchev–Trinajstić information content (AvgIpc) is 2.60. The minimum atomic E-state index is -0.250. The highest BCUT2D eigenvalue weighted by Gasteiger charge is 2.05. The summed E-state index contributed by atoms with van der Waals surface area (Å²) in [7, 11) is 0. The van der Waals surface area contributed by atoms with Gasteiger partial charge in [0.1, 0.15) is 5.75 Å². The number of benzene rings is 1. The summed E-state index contributed by atoms with van der Waals surface area (Å²) in [5.74, 6) is 0.960. The van der Waals surface area contributed by atoms with Crippen LogP contribution in [0.4, 0.5) is 0 Å². The van der Waals surface area contributed by atoms with Gasteiger partial charge in [-0.25, -0.2) is 0 Å². The Kier molecular flexibility index (Phi) is 4.57. The maximum absolute atomic E-state index is 8.36. The van der Waals surface area contributed by atoms with Gasteiger partial charge < -0.3 is 14.8 Å². The maximum atomic E-state index is 8.36. The van der Waals surface area contributed by atoms with Crippen molar-refractivity contribution in [3.8, 4) is 5.75 Å². The number of aromatic nitrogens is 1. The number of ether oxygens (including phenoxy) is 1. The fraction of sp³-hybridized carbons (Fsp3) is 0.308. The first kappa shape index (κ1) is 13.1. The van der Waals surface area contributed by atoms with Gasteiger partial charge in [-0.15, -0.1) is 0 Å². The highest BCUT2D eigenvalue weighted by atomic mass is 16.5. The van der Waals surface area contributed by atoms with Crippen molar-refractivity contribution in [3.63, 3.8) is 0 Å². The van der Waals surface area contributed by atoms with Crippen LogP contribution in [0.1, 0.15) is 19.5 Å². The lowest BCUT2D eigenvalue weighted by Gasteiger charge is -2.10. The fourth-order valence-electron chi connectivity index (χ4n) is 1.62. The van der Waals surface area contributed by atoms with Crippen LogP contribution < -0.4 is 4.74 Å². The van der Waals surface area contributed by atoms with E-state index >= 15 is 0 Å². The van der Waals surface area contributed by atoms with Crippen molar-refractivity contribution in [2.75, 3.05) is 0 Å². The first-order chi connectivity index (χ1) is 8.08. The summed E-state index contributed by atoms with van der Waals surface area (Å²) < 4.78 is 5.72. The number of carbonyl (C=O) groups is 1. The van der Waals surface area contributed by atoms with Crippen LogP contribution in [0.2, 0.25) is 0 Å². The molecule has 0 aliphatic rings. The van der Waals surface area contributed by atoms with Crippen molar-refractivity contribution in [1.29, 1.82) is 0 Å². The second kappa shape index (κ2) is 5.94. The number of aryl methyl sites for hydroxylation is 1. The van der Waals surface area contributed by atoms with Gasteiger partial charge in [-0.2, -0.15) is 0 Å². The Morgan fingerprint density at radius 3 is 2.65 bits per heavy atom. The SMILES string of the molecule is Cc1cc2c(OC(C)C)cccc2[nH]1.O=CO. The maximum Gasteiger partial charge on any atom is 0.290 e. The number of fused-ring (bicyclic) bond motifs is 1. The molecule has 0 atom stereocenters. The molecule has 0 radical (unpaired) electrons. The van der Waals surface area contributed by atoms with E-state index in [2.05, 4.69) is 24.0 Å². The lowest BCUT2D eigenvalue weighted by atomic mass is 10.2. The molecule has 1 aromatic carbocycles. The van der Waals surface area contributed by atoms with Crippen molar-refractivity contribution < 1.29 is 14.6 Å². The van der Waals surface area contributed by atoms with Crippen LogP contribution in [0, 0.1) is 6.92 Å². The highest BCUT2D eigenvalue weighted by Crippen LogP contribution is 2.26. The van der Waals surface area contributed by atoms with E-state index in [4.69, 9.17) is 14.6 Å². The highest BCUT2D eigenvalue weighted by molar-refractivity contribution is 5.86. The summed E-state index contributed by atoms with van der Waals surface area (Å²) in [5.41, 5.74) is 2.31. The van der Waals surface area contributed by atoms with Crippen LogP contribution in [0.15, 0.2) is 24.3 Å². The Bertz CT molecular complexity index is 488. The molecule has 92 valence electrons. The van der Waals surface area contributed by atoms with Gasteiger partial charge in [-0.1, -0.05) is 6.07 Å². The van der Waals surface area contributed by atoms with Gasteiger partial charge >= 0.3 is 0 Å². The molecule has 4 nitrogen and oxygen atoms in total. The van der Waals surface area contributed by atoms with E-state index in [9.17, 15) is 0 Å². The second-order valence-corrected chi connectivity index (χ2v) is 3.94. The molecule has 4 heteroatoms. The fourth-order valence-corrected chi connectivity index (χ4v) is 1.62. The average molecular weight is 235 g/mol. The number of carboxylic acid groups (broad SMARTS) is 1. The summed E-state index contributed by atoms with van der Waals surface area (Å²) in [6.45, 7) is 5.88. The summed E-state index contributed by atoms with van der Waals surface area (Å²) in [4.78, 5) is 11.7. The predicted octanol–water partition coefficient (Wildman–Crippen LogP) is 2.96. The molecule has 0 unspecified atom stereocenters. The van der Waals surface area contributed by atoms with Gasteiger partial charge in [0.25, 0.3) is 6.47 Å². The lowest BCUT2D eigenvalue weighted by Crippen LogP contribution is -2.05. The van der Waals surface area contributed by atoms with Gasteiger partial charge in [0.05, 0.1) is 6.10 Å². The zero-order chi connectivity index (χ0) is 12.8. The molecule has 0 aliphatic heterocycles. The Labute approximate surface area is 100 Å². The van der Waals surface area contributed by atoms with Crippen LogP contribution in [0.5, 0.6) is 5.75 Å². The van der Waals surface area contributed by atoms with E-state index in [1.807, 2.05) is 26.0 Å². The van der Waals surface area contributed by atoms with Crippen molar-refractivity contribution in [2.24, 2.45) is 0 Å². The third-order valence-corrected chi connectivity index (χ3v) is 2.12. The largest absolute Gasteiger partial charge is 0.490 e. The van der Waals surface area contributed by atoms with Gasteiger partial charge in [0.15, 0.2) is 0 Å². The van der Waals surface area contributed by atoms with Crippen LogP contribution in [0.3, 0.4) is 0 Å². The number of H-pyrrole nitrogens is 1. The molecule has 0 fully saturated rings. The normalized spacial score (nSPS) is 9.88. The number of rotatable bonds is 2. The monoisotopic (exact) mass is 235 g/mol. The molecule has 2 N–H and O–H groups in total. The molecule has 1 aromatic heterocycles. The van der Waals surface area contributed by atoms with Crippen molar-refractivity contribution >= 4 is 17.4 Å². The van der Waals surface area contributed by atoms with Crippen molar-refractivity contribution in [2.45, 2.75) is 26.9 Å². The van der Waals surface area contributed by atoms with E-state index in [0.29, 0.717) is 0 Å². The van der Waals surface area contributed by atoms with Crippen LogP contribution in [0.25, 0.3) is 10.9 Å². The molecule has 0 amide bonds. The summed E-state index contributed by atoms with van der Waals surface area (Å²) in [6, 6.07) is 8.20. The van der Waals surface area contributed by atoms with Gasteiger partial charge in [0, 0.05) is 16.6 Å². The second-order valence-electron chi connectivity index (χ2n) is 3.94. The molecule has 0 aliphatic carbocycles. The van der Waals surface area contributed by atoms with E-state index in [-0.39, 0.29) is 12.6 Å². The molecular formula is C13H17NO3. The summed E-state index contributed by atoms with van der Waals surface area (Å²) in [5, 5.41) is 8.05. The third kappa shape index (κ3) is 3.52. The number of nitrogens with one attached hydrogen (secondary N) is 1. The van der Waals surface area contributed by atoms with Crippen LogP contribution >= 0.6 is 0 Å². The molecule has 0 spiro atoms. The third-order valence-electron chi connectivity index (χ3n) is 2.12. The van der Waals surface area contributed by atoms with Gasteiger partial charge in [-0.3, -0.25) is 4.79 Å². The van der Waals surface area contributed by atoms with Crippen LogP contribution in [-0.4, -0.2) is 22.7 Å². The molecule has 0 bridgehead atoms. The number of hydrogen-bond donors (Lipinski definition) is 2. The molecule has 17 heavy (non-hydrogen) atoms. The summed E-state index contributed by atoms with van der Waals surface area (Å²) >= 11 is 0. The lowest BCUT2D eigenvalue weighted by molar-refractivity contribution is -0.122. The standard InChI is InChI=1S/C12H15NO.CH2O2/c1-8(2)14-12-6-4-5-11-10(12)7-9(3)13-11;2-1-3/h4-8,13H,1-3H3;1H,(H,2,3). The zero-order valence-electron chi connectivity index (χ0n) is 10.2. The van der Waals surface area contributed by atoms with Gasteiger partial charge in [-0.05, 0) is 39.0 Å². The first-order valence-corrected chi connectivity index (χ1v) is 5.41. The summed E-state index contributed by atoms with van der Waals surface area (Å²) in [6.07, 6.45) is 0.218. The minimum Gasteiger partial charge on any atom is -0.490 e. The van der Waals surface area contributed by atoms with Crippen LogP contribution in [-0.2, 0) is 4.79 Å². The van der Waals surface area contributed by atoms with E-state index in [1.54, 1.807) is 0 Å². The molecule has 2 rings (SSSR count). The smallest absolute Gasteiger partial charge is 0.290 e. The molecular weight excluding hydrogens is 218 g/mol. The van der Waals surface area contributed by atoms with Crippen molar-refractivity contribution in [1.82, 2.24) is 4.98 Å². The number of hydrogen-bond acceptors (Lipinski definition) is 2. The minimum absolute atomic E-state index is 0.218. The first-order valence-electron chi connectivity index (χ1n) is 5.41. The predicted molar refractivity (Wildman–Crippen MR) is 67.5 cm³/mol. The topological polar surface area (TPSA) is 62.3 Å². The Balaban J connectivity index is 0.000000437. The molecule has 1 heterocycles. The Morgan fingerprint density at radius 2 is 2.06 bits per heavy atom. The van der Waals surface area contributed by atoms with Gasteiger partial charge in [0.2, 0.25) is 0 Å². The van der Waals surface area contributed by atoms with E-state index in [0.717, 1.165) is 11.3 Å². The quantitative estimate of drug-likeness (QED) is 0.786. The molecule has 0 saturated heterocycles. The van der Waals surface area contributed by atoms with E-state index < -0.39 is 0 Å². The zero-order valence-corrected chi connectivity index (χ0v) is 10.2. The molecule has 2 aromatic rings. The van der Waals surface area contributed by atoms with Crippen molar-refractivity contribution in [3.05, 3.63) is 30.0 Å². The molecule has 0 saturated carbocycles. The number of aromatic amines is 1.